The van der Waals surface area contributed by atoms with Gasteiger partial charge in [-0.3, -0.25) is 14.9 Å². The molecule has 2 N–H and O–H groups in total. The van der Waals surface area contributed by atoms with E-state index in [-0.39, 0.29) is 11.3 Å². The third-order valence-corrected chi connectivity index (χ3v) is 2.41. The van der Waals surface area contributed by atoms with E-state index in [1.807, 2.05) is 5.32 Å². The number of halogens is 2. The largest absolute Gasteiger partial charge is 0.390 e. The lowest BCUT2D eigenvalue weighted by Gasteiger charge is -2.13. The average Bonchev–Trinajstić information content (AvgIpc) is 2.36. The summed E-state index contributed by atoms with van der Waals surface area (Å²) in [4.78, 5) is 21.6. The molecule has 19 heavy (non-hydrogen) atoms. The zero-order chi connectivity index (χ0) is 14.6. The monoisotopic (exact) mass is 274 g/mol. The first kappa shape index (κ1) is 15.0. The van der Waals surface area contributed by atoms with Gasteiger partial charge < -0.3 is 10.4 Å². The third-order valence-electron chi connectivity index (χ3n) is 2.41. The van der Waals surface area contributed by atoms with Gasteiger partial charge in [-0.25, -0.2) is 8.78 Å². The molecule has 6 nitrogen and oxygen atoms in total. The Labute approximate surface area is 107 Å². The second kappa shape index (κ2) is 5.70. The second-order valence-corrected chi connectivity index (χ2v) is 3.96. The quantitative estimate of drug-likeness (QED) is 0.624. The van der Waals surface area contributed by atoms with Gasteiger partial charge in [0.1, 0.15) is 6.61 Å². The van der Waals surface area contributed by atoms with Crippen LogP contribution in [0.3, 0.4) is 0 Å². The molecule has 0 fully saturated rings. The summed E-state index contributed by atoms with van der Waals surface area (Å²) in [6.07, 6.45) is 0. The molecule has 0 radical (unpaired) electrons. The Morgan fingerprint density at radius 2 is 2.16 bits per heavy atom. The fraction of sp³-hybridized carbons (Fsp3) is 0.364. The number of hydrogen-bond acceptors (Lipinski definition) is 4. The minimum atomic E-state index is -3.42. The molecular formula is C11H12F2N2O4. The molecule has 1 aromatic carbocycles. The Morgan fingerprint density at radius 1 is 1.53 bits per heavy atom. The van der Waals surface area contributed by atoms with Crippen LogP contribution in [0.4, 0.5) is 14.5 Å². The van der Waals surface area contributed by atoms with Crippen molar-refractivity contribution in [3.05, 3.63) is 39.4 Å². The van der Waals surface area contributed by atoms with Crippen molar-refractivity contribution >= 4 is 11.6 Å². The maximum atomic E-state index is 12.7. The van der Waals surface area contributed by atoms with Crippen LogP contribution in [0.15, 0.2) is 18.2 Å². The van der Waals surface area contributed by atoms with E-state index < -0.39 is 29.9 Å². The van der Waals surface area contributed by atoms with Crippen molar-refractivity contribution in [1.82, 2.24) is 5.32 Å². The first-order valence-electron chi connectivity index (χ1n) is 5.29. The van der Waals surface area contributed by atoms with Gasteiger partial charge in [-0.15, -0.1) is 0 Å². The zero-order valence-corrected chi connectivity index (χ0v) is 10.0. The van der Waals surface area contributed by atoms with Crippen molar-refractivity contribution in [3.8, 4) is 0 Å². The number of carbonyl (C=O) groups is 1. The predicted octanol–water partition coefficient (Wildman–Crippen LogP) is 1.26. The maximum Gasteiger partial charge on any atom is 0.287 e. The van der Waals surface area contributed by atoms with Gasteiger partial charge in [0.25, 0.3) is 17.5 Å². The van der Waals surface area contributed by atoms with Gasteiger partial charge in [0.2, 0.25) is 0 Å². The number of rotatable bonds is 5. The highest BCUT2D eigenvalue weighted by molar-refractivity contribution is 5.95. The van der Waals surface area contributed by atoms with Crippen molar-refractivity contribution in [1.29, 1.82) is 0 Å². The number of aliphatic hydroxyl groups is 1. The van der Waals surface area contributed by atoms with E-state index in [0.29, 0.717) is 5.56 Å². The molecule has 0 heterocycles. The lowest BCUT2D eigenvalue weighted by molar-refractivity contribution is -0.385. The van der Waals surface area contributed by atoms with Crippen LogP contribution in [-0.4, -0.2) is 35.0 Å². The van der Waals surface area contributed by atoms with E-state index in [9.17, 15) is 23.7 Å². The number of nitrogens with one attached hydrogen (secondary N) is 1. The molecular weight excluding hydrogens is 262 g/mol. The van der Waals surface area contributed by atoms with E-state index in [1.165, 1.54) is 19.1 Å². The predicted molar refractivity (Wildman–Crippen MR) is 62.2 cm³/mol. The first-order valence-corrected chi connectivity index (χ1v) is 5.29. The number of amides is 1. The summed E-state index contributed by atoms with van der Waals surface area (Å²) >= 11 is 0. The van der Waals surface area contributed by atoms with Crippen molar-refractivity contribution in [2.75, 3.05) is 13.2 Å². The van der Waals surface area contributed by atoms with E-state index in [2.05, 4.69) is 0 Å². The number of nitro groups is 1. The first-order chi connectivity index (χ1) is 8.76. The summed E-state index contributed by atoms with van der Waals surface area (Å²) in [5.74, 6) is -4.29. The molecule has 0 bridgehead atoms. The van der Waals surface area contributed by atoms with E-state index in [4.69, 9.17) is 5.11 Å². The zero-order valence-electron chi connectivity index (χ0n) is 10.0. The van der Waals surface area contributed by atoms with Gasteiger partial charge in [0.15, 0.2) is 0 Å². The van der Waals surface area contributed by atoms with Crippen LogP contribution in [0.2, 0.25) is 0 Å². The Bertz CT molecular complexity index is 505. The standard InChI is InChI=1S/C11H12F2N2O4/c1-7-2-3-8(4-9(7)15(18)19)10(17)14-5-11(12,13)6-16/h2-4,16H,5-6H2,1H3,(H,14,17). The molecule has 0 saturated heterocycles. The second-order valence-electron chi connectivity index (χ2n) is 3.96. The lowest BCUT2D eigenvalue weighted by atomic mass is 10.1. The Hall–Kier alpha value is -2.09. The fourth-order valence-corrected chi connectivity index (χ4v) is 1.31. The summed E-state index contributed by atoms with van der Waals surface area (Å²) < 4.78 is 25.5. The average molecular weight is 274 g/mol. The number of aryl methyl sites for hydroxylation is 1. The van der Waals surface area contributed by atoms with Crippen molar-refractivity contribution in [3.63, 3.8) is 0 Å². The maximum absolute atomic E-state index is 12.7. The highest BCUT2D eigenvalue weighted by Gasteiger charge is 2.28. The van der Waals surface area contributed by atoms with Crippen LogP contribution in [-0.2, 0) is 0 Å². The van der Waals surface area contributed by atoms with Crippen LogP contribution in [0.25, 0.3) is 0 Å². The summed E-state index contributed by atoms with van der Waals surface area (Å²) in [5.41, 5.74) is 0.00912. The van der Waals surface area contributed by atoms with Crippen LogP contribution in [0, 0.1) is 17.0 Å². The van der Waals surface area contributed by atoms with E-state index >= 15 is 0 Å². The molecule has 1 aromatic rings. The van der Waals surface area contributed by atoms with Gasteiger partial charge in [-0.1, -0.05) is 6.07 Å². The minimum absolute atomic E-state index is 0.0916. The van der Waals surface area contributed by atoms with Gasteiger partial charge in [0, 0.05) is 17.2 Å². The number of nitro benzene ring substituents is 1. The van der Waals surface area contributed by atoms with Gasteiger partial charge in [0.05, 0.1) is 11.5 Å². The van der Waals surface area contributed by atoms with Crippen LogP contribution in [0.1, 0.15) is 15.9 Å². The van der Waals surface area contributed by atoms with Crippen LogP contribution < -0.4 is 5.32 Å². The SMILES string of the molecule is Cc1ccc(C(=O)NCC(F)(F)CO)cc1[N+](=O)[O-]. The molecule has 0 atom stereocenters. The fourth-order valence-electron chi connectivity index (χ4n) is 1.31. The highest BCUT2D eigenvalue weighted by atomic mass is 19.3. The Morgan fingerprint density at radius 3 is 2.68 bits per heavy atom. The van der Waals surface area contributed by atoms with Gasteiger partial charge in [-0.05, 0) is 13.0 Å². The number of aliphatic hydroxyl groups excluding tert-OH is 1. The van der Waals surface area contributed by atoms with Crippen LogP contribution >= 0.6 is 0 Å². The molecule has 0 unspecified atom stereocenters. The Kier molecular flexibility index (Phi) is 4.49. The van der Waals surface area contributed by atoms with Crippen molar-refractivity contribution in [2.45, 2.75) is 12.8 Å². The molecule has 1 amide bonds. The minimum Gasteiger partial charge on any atom is -0.390 e. The lowest BCUT2D eigenvalue weighted by Crippen LogP contribution is -2.39. The highest BCUT2D eigenvalue weighted by Crippen LogP contribution is 2.19. The summed E-state index contributed by atoms with van der Waals surface area (Å²) in [5, 5.41) is 20.9. The number of carbonyl (C=O) groups excluding carboxylic acids is 1. The molecule has 104 valence electrons. The molecule has 1 rings (SSSR count). The van der Waals surface area contributed by atoms with E-state index in [1.54, 1.807) is 0 Å². The molecule has 0 saturated carbocycles. The van der Waals surface area contributed by atoms with Crippen molar-refractivity contribution < 1.29 is 23.6 Å². The van der Waals surface area contributed by atoms with Crippen molar-refractivity contribution in [2.24, 2.45) is 0 Å². The van der Waals surface area contributed by atoms with E-state index in [0.717, 1.165) is 6.07 Å². The topological polar surface area (TPSA) is 92.5 Å². The normalized spacial score (nSPS) is 11.2. The smallest absolute Gasteiger partial charge is 0.287 e. The summed E-state index contributed by atoms with van der Waals surface area (Å²) in [6, 6.07) is 3.67. The molecule has 0 spiro atoms. The number of benzene rings is 1. The summed E-state index contributed by atoms with van der Waals surface area (Å²) in [7, 11) is 0. The number of alkyl halides is 2. The summed E-state index contributed by atoms with van der Waals surface area (Å²) in [6.45, 7) is -0.926. The van der Waals surface area contributed by atoms with Gasteiger partial charge >= 0.3 is 0 Å². The molecule has 0 aliphatic heterocycles. The molecule has 8 heteroatoms. The van der Waals surface area contributed by atoms with Crippen LogP contribution in [0.5, 0.6) is 0 Å². The van der Waals surface area contributed by atoms with Gasteiger partial charge in [-0.2, -0.15) is 0 Å². The molecule has 0 aliphatic carbocycles. The number of hydrogen-bond donors (Lipinski definition) is 2. The third kappa shape index (κ3) is 3.95. The molecule has 0 aliphatic rings. The Balaban J connectivity index is 2.84. The molecule has 0 aromatic heterocycles. The number of nitrogens with zero attached hydrogens (tertiary/aromatic N) is 1.